The number of carbonyl (C=O) groups excluding carboxylic acids is 2. The Kier molecular flexibility index (Phi) is 4.49. The number of allylic oxidation sites excluding steroid dienone is 1. The maximum atomic E-state index is 11.8. The first-order valence-corrected chi connectivity index (χ1v) is 7.64. The largest absolute Gasteiger partial charge is 0.465 e. The highest BCUT2D eigenvalue weighted by Crippen LogP contribution is 2.28. The van der Waals surface area contributed by atoms with Crippen molar-refractivity contribution in [1.29, 1.82) is 0 Å². The van der Waals surface area contributed by atoms with Crippen LogP contribution in [0, 0.1) is 0 Å². The lowest BCUT2D eigenvalue weighted by Crippen LogP contribution is -2.13. The lowest BCUT2D eigenvalue weighted by atomic mass is 10.0. The summed E-state index contributed by atoms with van der Waals surface area (Å²) >= 11 is 5.91. The van der Waals surface area contributed by atoms with Crippen molar-refractivity contribution in [2.24, 2.45) is 0 Å². The summed E-state index contributed by atoms with van der Waals surface area (Å²) in [4.78, 5) is 23.2. The van der Waals surface area contributed by atoms with Gasteiger partial charge in [0.15, 0.2) is 0 Å². The number of hydrogen-bond donors (Lipinski definition) is 1. The van der Waals surface area contributed by atoms with E-state index in [1.54, 1.807) is 42.5 Å². The molecule has 0 saturated heterocycles. The minimum absolute atomic E-state index is 0.169. The van der Waals surface area contributed by atoms with E-state index in [0.717, 1.165) is 16.7 Å². The molecule has 1 amide bonds. The topological polar surface area (TPSA) is 55.4 Å². The number of nitrogens with one attached hydrogen (secondary N) is 1. The van der Waals surface area contributed by atoms with E-state index in [0.29, 0.717) is 16.3 Å². The molecule has 2 aromatic carbocycles. The number of amides is 1. The Hall–Kier alpha value is -2.85. The van der Waals surface area contributed by atoms with Crippen LogP contribution in [0.15, 0.2) is 60.3 Å². The van der Waals surface area contributed by atoms with Crippen LogP contribution >= 0.6 is 11.6 Å². The number of hydrogen-bond acceptors (Lipinski definition) is 3. The van der Waals surface area contributed by atoms with Crippen LogP contribution in [-0.4, -0.2) is 19.0 Å². The molecule has 120 valence electrons. The Bertz CT molecular complexity index is 849. The fourth-order valence-electron chi connectivity index (χ4n) is 2.43. The molecule has 1 heterocycles. The highest BCUT2D eigenvalue weighted by molar-refractivity contribution is 6.30. The summed E-state index contributed by atoms with van der Waals surface area (Å²) in [5.74, 6) is -0.553. The molecule has 1 aliphatic rings. The Balaban J connectivity index is 1.91. The van der Waals surface area contributed by atoms with Crippen LogP contribution in [0.25, 0.3) is 11.6 Å². The number of rotatable bonds is 3. The zero-order chi connectivity index (χ0) is 17.1. The molecule has 0 atom stereocenters. The van der Waals surface area contributed by atoms with Gasteiger partial charge in [-0.1, -0.05) is 35.9 Å². The number of ether oxygens (including phenoxy) is 1. The van der Waals surface area contributed by atoms with Crippen molar-refractivity contribution in [1.82, 2.24) is 5.32 Å². The van der Waals surface area contributed by atoms with Crippen molar-refractivity contribution in [3.05, 3.63) is 82.0 Å². The Morgan fingerprint density at radius 2 is 1.75 bits per heavy atom. The maximum Gasteiger partial charge on any atom is 0.337 e. The third-order valence-electron chi connectivity index (χ3n) is 3.62. The standard InChI is InChI=1S/C19H14ClNO3/c1-24-19(23)14-4-2-12(3-5-14)10-17-16(11-18(22)21-17)13-6-8-15(20)9-7-13/h2-11H,1H3,(H,21,22)/b17-10-. The molecule has 0 fully saturated rings. The van der Waals surface area contributed by atoms with Crippen LogP contribution in [-0.2, 0) is 9.53 Å². The summed E-state index contributed by atoms with van der Waals surface area (Å²) in [7, 11) is 1.34. The Morgan fingerprint density at radius 3 is 2.38 bits per heavy atom. The van der Waals surface area contributed by atoms with Gasteiger partial charge in [0.1, 0.15) is 0 Å². The van der Waals surface area contributed by atoms with Gasteiger partial charge in [0.05, 0.1) is 12.7 Å². The third-order valence-corrected chi connectivity index (χ3v) is 3.87. The Labute approximate surface area is 144 Å². The fraction of sp³-hybridized carbons (Fsp3) is 0.0526. The first-order valence-electron chi connectivity index (χ1n) is 7.26. The average Bonchev–Trinajstić information content (AvgIpc) is 2.96. The second kappa shape index (κ2) is 6.72. The predicted octanol–water partition coefficient (Wildman–Crippen LogP) is 3.68. The number of halogens is 1. The van der Waals surface area contributed by atoms with Gasteiger partial charge in [0.2, 0.25) is 5.91 Å². The lowest BCUT2D eigenvalue weighted by molar-refractivity contribution is -0.115. The molecule has 3 rings (SSSR count). The van der Waals surface area contributed by atoms with Crippen molar-refractivity contribution in [3.63, 3.8) is 0 Å². The van der Waals surface area contributed by atoms with Crippen molar-refractivity contribution < 1.29 is 14.3 Å². The highest BCUT2D eigenvalue weighted by atomic mass is 35.5. The maximum absolute atomic E-state index is 11.8. The first-order chi connectivity index (χ1) is 11.6. The van der Waals surface area contributed by atoms with Gasteiger partial charge in [-0.2, -0.15) is 0 Å². The monoisotopic (exact) mass is 339 g/mol. The van der Waals surface area contributed by atoms with Crippen LogP contribution in [0.2, 0.25) is 5.02 Å². The van der Waals surface area contributed by atoms with Crippen molar-refractivity contribution in [2.75, 3.05) is 7.11 Å². The third kappa shape index (κ3) is 3.39. The molecule has 0 bridgehead atoms. The van der Waals surface area contributed by atoms with Crippen LogP contribution in [0.5, 0.6) is 0 Å². The van der Waals surface area contributed by atoms with Crippen molar-refractivity contribution >= 4 is 35.1 Å². The molecule has 0 aliphatic carbocycles. The summed E-state index contributed by atoms with van der Waals surface area (Å²) in [6, 6.07) is 14.2. The normalized spacial score (nSPS) is 15.2. The molecule has 2 aromatic rings. The minimum Gasteiger partial charge on any atom is -0.465 e. The van der Waals surface area contributed by atoms with E-state index >= 15 is 0 Å². The van der Waals surface area contributed by atoms with Crippen LogP contribution in [0.4, 0.5) is 0 Å². The van der Waals surface area contributed by atoms with Gasteiger partial charge < -0.3 is 10.1 Å². The summed E-state index contributed by atoms with van der Waals surface area (Å²) in [6.45, 7) is 0. The van der Waals surface area contributed by atoms with Crippen LogP contribution in [0.1, 0.15) is 21.5 Å². The molecule has 1 N–H and O–H groups in total. The predicted molar refractivity (Wildman–Crippen MR) is 93.3 cm³/mol. The van der Waals surface area contributed by atoms with E-state index in [1.165, 1.54) is 7.11 Å². The molecular formula is C19H14ClNO3. The second-order valence-corrected chi connectivity index (χ2v) is 5.66. The highest BCUT2D eigenvalue weighted by Gasteiger charge is 2.18. The lowest BCUT2D eigenvalue weighted by Gasteiger charge is -2.07. The zero-order valence-electron chi connectivity index (χ0n) is 12.9. The first kappa shape index (κ1) is 16.0. The number of esters is 1. The van der Waals surface area contributed by atoms with Crippen molar-refractivity contribution in [3.8, 4) is 0 Å². The quantitative estimate of drug-likeness (QED) is 0.868. The zero-order valence-corrected chi connectivity index (χ0v) is 13.6. The number of benzene rings is 2. The minimum atomic E-state index is -0.384. The summed E-state index contributed by atoms with van der Waals surface area (Å²) in [5, 5.41) is 3.46. The smallest absolute Gasteiger partial charge is 0.337 e. The van der Waals surface area contributed by atoms with Gasteiger partial charge in [-0.15, -0.1) is 0 Å². The van der Waals surface area contributed by atoms with Crippen molar-refractivity contribution in [2.45, 2.75) is 0 Å². The summed E-state index contributed by atoms with van der Waals surface area (Å²) in [6.07, 6.45) is 3.41. The van der Waals surface area contributed by atoms with E-state index < -0.39 is 0 Å². The summed E-state index contributed by atoms with van der Waals surface area (Å²) in [5.41, 5.74) is 3.74. The van der Waals surface area contributed by atoms with Gasteiger partial charge in [-0.25, -0.2) is 4.79 Å². The van der Waals surface area contributed by atoms with Crippen LogP contribution < -0.4 is 5.32 Å². The molecule has 0 spiro atoms. The summed E-state index contributed by atoms with van der Waals surface area (Å²) < 4.78 is 4.68. The molecule has 5 heteroatoms. The molecule has 0 radical (unpaired) electrons. The second-order valence-electron chi connectivity index (χ2n) is 5.23. The van der Waals surface area contributed by atoms with E-state index in [2.05, 4.69) is 10.1 Å². The molecule has 0 saturated carbocycles. The van der Waals surface area contributed by atoms with Gasteiger partial charge in [-0.3, -0.25) is 4.79 Å². The van der Waals surface area contributed by atoms with Gasteiger partial charge in [0.25, 0.3) is 0 Å². The molecule has 0 aromatic heterocycles. The fourth-order valence-corrected chi connectivity index (χ4v) is 2.55. The molecule has 1 aliphatic heterocycles. The van der Waals surface area contributed by atoms with Gasteiger partial charge in [-0.05, 0) is 41.5 Å². The molecule has 24 heavy (non-hydrogen) atoms. The van der Waals surface area contributed by atoms with Gasteiger partial charge in [0, 0.05) is 22.4 Å². The molecular weight excluding hydrogens is 326 g/mol. The number of methoxy groups -OCH3 is 1. The Morgan fingerprint density at radius 1 is 1.08 bits per heavy atom. The van der Waals surface area contributed by atoms with Gasteiger partial charge >= 0.3 is 5.97 Å². The van der Waals surface area contributed by atoms with Crippen LogP contribution in [0.3, 0.4) is 0 Å². The van der Waals surface area contributed by atoms with E-state index in [9.17, 15) is 9.59 Å². The van der Waals surface area contributed by atoms with E-state index in [4.69, 9.17) is 11.6 Å². The van der Waals surface area contributed by atoms with E-state index in [1.807, 2.05) is 18.2 Å². The molecule has 4 nitrogen and oxygen atoms in total. The molecule has 0 unspecified atom stereocenters. The SMILES string of the molecule is COC(=O)c1ccc(/C=C2\NC(=O)C=C2c2ccc(Cl)cc2)cc1. The van der Waals surface area contributed by atoms with E-state index in [-0.39, 0.29) is 11.9 Å². The average molecular weight is 340 g/mol. The number of carbonyl (C=O) groups is 2.